The van der Waals surface area contributed by atoms with Gasteiger partial charge in [0.05, 0.1) is 17.7 Å². The quantitative estimate of drug-likeness (QED) is 0.466. The Hall–Kier alpha value is -3.04. The number of carbonyl (C=O) groups excluding carboxylic acids is 1. The van der Waals surface area contributed by atoms with Gasteiger partial charge in [-0.3, -0.25) is 9.80 Å². The molecule has 1 heterocycles. The van der Waals surface area contributed by atoms with Gasteiger partial charge in [-0.1, -0.05) is 48.2 Å². The van der Waals surface area contributed by atoms with Crippen LogP contribution in [0.1, 0.15) is 30.4 Å². The molecule has 1 aliphatic carbocycles. The number of benzene rings is 3. The minimum atomic E-state index is -1.69. The molecule has 5 rings (SSSR count). The normalized spacial score (nSPS) is 22.5. The van der Waals surface area contributed by atoms with E-state index in [1.165, 1.54) is 4.90 Å². The van der Waals surface area contributed by atoms with Crippen LogP contribution in [0.2, 0.25) is 10.0 Å². The van der Waals surface area contributed by atoms with Crippen LogP contribution in [0, 0.1) is 17.2 Å². The van der Waals surface area contributed by atoms with Crippen molar-refractivity contribution < 1.29 is 9.90 Å². The van der Waals surface area contributed by atoms with Gasteiger partial charge in [-0.05, 0) is 73.0 Å². The Bertz CT molecular complexity index is 1240. The number of urea groups is 1. The van der Waals surface area contributed by atoms with E-state index in [1.807, 2.05) is 0 Å². The van der Waals surface area contributed by atoms with E-state index < -0.39 is 11.8 Å². The van der Waals surface area contributed by atoms with E-state index in [-0.39, 0.29) is 6.03 Å². The summed E-state index contributed by atoms with van der Waals surface area (Å²) in [6.07, 6.45) is 2.76. The van der Waals surface area contributed by atoms with E-state index in [1.54, 1.807) is 77.7 Å². The summed E-state index contributed by atoms with van der Waals surface area (Å²) >= 11 is 12.2. The van der Waals surface area contributed by atoms with Crippen LogP contribution in [0.5, 0.6) is 0 Å². The number of hydrogen-bond acceptors (Lipinski definition) is 3. The summed E-state index contributed by atoms with van der Waals surface area (Å²) in [4.78, 5) is 17.1. The molecule has 1 aliphatic heterocycles. The zero-order valence-electron chi connectivity index (χ0n) is 17.7. The maximum atomic E-state index is 14.0. The molecule has 3 aromatic rings. The number of hydrogen-bond donors (Lipinski definition) is 1. The lowest BCUT2D eigenvalue weighted by atomic mass is 9.89. The largest absolute Gasteiger partial charge is 0.365 e. The standard InChI is InChI=1S/C26H21Cl2N3O2/c27-20-6-10-22(11-7-20)30-24(15-17-4-5-17)26(33,19-3-1-2-18(14-19)16-29)31(25(30)32)23-12-8-21(28)9-13-23/h1-3,6-14,17,24,33H,4-5,15H2/t24-,26?/m0/s1. The number of carbonyl (C=O) groups is 1. The molecule has 0 spiro atoms. The van der Waals surface area contributed by atoms with E-state index in [9.17, 15) is 15.2 Å². The SMILES string of the molecule is N#Cc1cccc(C2(O)[C@H](CC3CC3)N(c3ccc(Cl)cc3)C(=O)N2c2ccc(Cl)cc2)c1. The molecule has 2 atom stereocenters. The Morgan fingerprint density at radius 1 is 0.970 bits per heavy atom. The lowest BCUT2D eigenvalue weighted by molar-refractivity contribution is 0.0275. The highest BCUT2D eigenvalue weighted by atomic mass is 35.5. The molecule has 0 bridgehead atoms. The number of aliphatic hydroxyl groups is 1. The molecule has 2 amide bonds. The maximum absolute atomic E-state index is 14.0. The first kappa shape index (κ1) is 21.8. The summed E-state index contributed by atoms with van der Waals surface area (Å²) in [5, 5.41) is 23.0. The summed E-state index contributed by atoms with van der Waals surface area (Å²) in [6, 6.07) is 21.9. The summed E-state index contributed by atoms with van der Waals surface area (Å²) in [7, 11) is 0. The van der Waals surface area contributed by atoms with Crippen LogP contribution in [-0.2, 0) is 5.72 Å². The second-order valence-corrected chi connectivity index (χ2v) is 9.43. The van der Waals surface area contributed by atoms with Crippen LogP contribution in [0.25, 0.3) is 0 Å². The zero-order valence-corrected chi connectivity index (χ0v) is 19.2. The summed E-state index contributed by atoms with van der Waals surface area (Å²) < 4.78 is 0. The Morgan fingerprint density at radius 2 is 1.58 bits per heavy atom. The van der Waals surface area contributed by atoms with Gasteiger partial charge in [0.2, 0.25) is 0 Å². The van der Waals surface area contributed by atoms with Gasteiger partial charge in [0.1, 0.15) is 0 Å². The number of nitrogens with zero attached hydrogens (tertiary/aromatic N) is 3. The Kier molecular flexibility index (Phi) is 5.54. The minimum absolute atomic E-state index is 0.352. The van der Waals surface area contributed by atoms with Crippen LogP contribution in [0.15, 0.2) is 72.8 Å². The molecule has 7 heteroatoms. The molecule has 1 unspecified atom stereocenters. The number of rotatable bonds is 5. The molecule has 2 fully saturated rings. The second kappa shape index (κ2) is 8.39. The molecular formula is C26H21Cl2N3O2. The highest BCUT2D eigenvalue weighted by Crippen LogP contribution is 2.49. The van der Waals surface area contributed by atoms with E-state index in [4.69, 9.17) is 23.2 Å². The van der Waals surface area contributed by atoms with Crippen LogP contribution >= 0.6 is 23.2 Å². The van der Waals surface area contributed by atoms with E-state index >= 15 is 0 Å². The van der Waals surface area contributed by atoms with Crippen molar-refractivity contribution in [1.29, 1.82) is 5.26 Å². The van der Waals surface area contributed by atoms with Gasteiger partial charge in [-0.2, -0.15) is 5.26 Å². The highest BCUT2D eigenvalue weighted by molar-refractivity contribution is 6.31. The topological polar surface area (TPSA) is 67.6 Å². The van der Waals surface area contributed by atoms with Gasteiger partial charge in [0, 0.05) is 27.0 Å². The van der Waals surface area contributed by atoms with Gasteiger partial charge in [0.15, 0.2) is 5.72 Å². The Balaban J connectivity index is 1.72. The summed E-state index contributed by atoms with van der Waals surface area (Å²) in [5.74, 6) is 0.424. The van der Waals surface area contributed by atoms with Gasteiger partial charge in [0.25, 0.3) is 0 Å². The van der Waals surface area contributed by atoms with Crippen LogP contribution in [-0.4, -0.2) is 17.2 Å². The molecule has 1 N–H and O–H groups in total. The molecular weight excluding hydrogens is 457 g/mol. The third-order valence-electron chi connectivity index (χ3n) is 6.37. The molecule has 1 saturated carbocycles. The average molecular weight is 478 g/mol. The van der Waals surface area contributed by atoms with E-state index in [2.05, 4.69) is 6.07 Å². The van der Waals surface area contributed by atoms with Crippen molar-refractivity contribution >= 4 is 40.6 Å². The number of halogens is 2. The molecule has 2 aliphatic rings. The van der Waals surface area contributed by atoms with Crippen LogP contribution in [0.4, 0.5) is 16.2 Å². The van der Waals surface area contributed by atoms with Crippen molar-refractivity contribution in [3.8, 4) is 6.07 Å². The van der Waals surface area contributed by atoms with Crippen molar-refractivity contribution in [3.63, 3.8) is 0 Å². The average Bonchev–Trinajstić information content (AvgIpc) is 3.62. The summed E-state index contributed by atoms with van der Waals surface area (Å²) in [5.41, 5.74) is 0.388. The zero-order chi connectivity index (χ0) is 23.2. The molecule has 33 heavy (non-hydrogen) atoms. The first-order valence-electron chi connectivity index (χ1n) is 10.8. The van der Waals surface area contributed by atoms with Crippen molar-refractivity contribution in [1.82, 2.24) is 0 Å². The maximum Gasteiger partial charge on any atom is 0.332 e. The highest BCUT2D eigenvalue weighted by Gasteiger charge is 2.59. The van der Waals surface area contributed by atoms with Gasteiger partial charge in [-0.25, -0.2) is 4.79 Å². The van der Waals surface area contributed by atoms with Crippen LogP contribution < -0.4 is 9.80 Å². The third kappa shape index (κ3) is 3.85. The van der Waals surface area contributed by atoms with E-state index in [0.717, 1.165) is 12.8 Å². The lowest BCUT2D eigenvalue weighted by Crippen LogP contribution is -2.50. The minimum Gasteiger partial charge on any atom is -0.365 e. The van der Waals surface area contributed by atoms with Crippen molar-refractivity contribution in [3.05, 3.63) is 94.0 Å². The smallest absolute Gasteiger partial charge is 0.332 e. The summed E-state index contributed by atoms with van der Waals surface area (Å²) in [6.45, 7) is 0. The van der Waals surface area contributed by atoms with Crippen molar-refractivity contribution in [2.24, 2.45) is 5.92 Å². The molecule has 3 aromatic carbocycles. The monoisotopic (exact) mass is 477 g/mol. The van der Waals surface area contributed by atoms with Crippen molar-refractivity contribution in [2.45, 2.75) is 31.0 Å². The second-order valence-electron chi connectivity index (χ2n) is 8.55. The number of nitriles is 1. The van der Waals surface area contributed by atoms with Gasteiger partial charge < -0.3 is 5.11 Å². The first-order chi connectivity index (χ1) is 15.9. The molecule has 166 valence electrons. The van der Waals surface area contributed by atoms with Crippen LogP contribution in [0.3, 0.4) is 0 Å². The fourth-order valence-electron chi connectivity index (χ4n) is 4.58. The van der Waals surface area contributed by atoms with Crippen molar-refractivity contribution in [2.75, 3.05) is 9.80 Å². The van der Waals surface area contributed by atoms with Gasteiger partial charge >= 0.3 is 6.03 Å². The Labute approximate surface area is 202 Å². The molecule has 0 aromatic heterocycles. The molecule has 1 saturated heterocycles. The first-order valence-corrected chi connectivity index (χ1v) is 11.5. The molecule has 5 nitrogen and oxygen atoms in total. The third-order valence-corrected chi connectivity index (χ3v) is 6.88. The fourth-order valence-corrected chi connectivity index (χ4v) is 4.84. The van der Waals surface area contributed by atoms with Gasteiger partial charge in [-0.15, -0.1) is 0 Å². The number of anilines is 2. The Morgan fingerprint density at radius 3 is 2.15 bits per heavy atom. The molecule has 0 radical (unpaired) electrons. The predicted octanol–water partition coefficient (Wildman–Crippen LogP) is 6.33. The lowest BCUT2D eigenvalue weighted by Gasteiger charge is -2.37. The predicted molar refractivity (Wildman–Crippen MR) is 129 cm³/mol. The fraction of sp³-hybridized carbons (Fsp3) is 0.231. The van der Waals surface area contributed by atoms with E-state index in [0.29, 0.717) is 44.9 Å². The number of amides is 2.